The molecule has 2 nitrogen and oxygen atoms in total. The zero-order valence-corrected chi connectivity index (χ0v) is 10.5. The number of aliphatic hydroxyl groups is 1. The van der Waals surface area contributed by atoms with Crippen LogP contribution >= 0.6 is 23.4 Å². The van der Waals surface area contributed by atoms with Gasteiger partial charge in [-0.1, -0.05) is 18.5 Å². The number of aliphatic hydroxyl groups excluding tert-OH is 1. The average Bonchev–Trinajstić information content (AvgIpc) is 2.25. The first-order valence-corrected chi connectivity index (χ1v) is 6.17. The summed E-state index contributed by atoms with van der Waals surface area (Å²) in [7, 11) is 0. The van der Waals surface area contributed by atoms with Crippen LogP contribution in [0.15, 0.2) is 17.3 Å². The average molecular weight is 286 g/mol. The maximum atomic E-state index is 12.3. The van der Waals surface area contributed by atoms with Crippen molar-refractivity contribution in [3.05, 3.63) is 22.8 Å². The van der Waals surface area contributed by atoms with Crippen LogP contribution in [0.2, 0.25) is 5.02 Å². The minimum atomic E-state index is -4.43. The van der Waals surface area contributed by atoms with Gasteiger partial charge >= 0.3 is 6.18 Å². The first kappa shape index (κ1) is 14.6. The van der Waals surface area contributed by atoms with E-state index < -0.39 is 11.7 Å². The van der Waals surface area contributed by atoms with Crippen molar-refractivity contribution in [2.75, 3.05) is 12.4 Å². The van der Waals surface area contributed by atoms with Crippen molar-refractivity contribution in [2.24, 2.45) is 5.92 Å². The van der Waals surface area contributed by atoms with E-state index >= 15 is 0 Å². The van der Waals surface area contributed by atoms with Crippen molar-refractivity contribution in [2.45, 2.75) is 18.1 Å². The van der Waals surface area contributed by atoms with E-state index in [9.17, 15) is 13.2 Å². The molecule has 96 valence electrons. The van der Waals surface area contributed by atoms with E-state index in [1.54, 1.807) is 0 Å². The van der Waals surface area contributed by atoms with Gasteiger partial charge in [0.05, 0.1) is 10.6 Å². The number of alkyl halides is 3. The summed E-state index contributed by atoms with van der Waals surface area (Å²) >= 11 is 6.94. The lowest BCUT2D eigenvalue weighted by Crippen LogP contribution is -2.06. The Morgan fingerprint density at radius 2 is 2.18 bits per heavy atom. The van der Waals surface area contributed by atoms with Gasteiger partial charge in [-0.2, -0.15) is 13.2 Å². The van der Waals surface area contributed by atoms with E-state index in [2.05, 4.69) is 4.98 Å². The van der Waals surface area contributed by atoms with Crippen LogP contribution in [0.25, 0.3) is 0 Å². The Balaban J connectivity index is 2.77. The third kappa shape index (κ3) is 4.37. The first-order valence-electron chi connectivity index (χ1n) is 4.81. The molecule has 1 atom stereocenters. The van der Waals surface area contributed by atoms with Gasteiger partial charge in [-0.05, 0) is 12.0 Å². The molecule has 0 spiro atoms. The Morgan fingerprint density at radius 3 is 2.65 bits per heavy atom. The second kappa shape index (κ2) is 5.93. The highest BCUT2D eigenvalue weighted by molar-refractivity contribution is 7.99. The van der Waals surface area contributed by atoms with Crippen molar-refractivity contribution >= 4 is 23.4 Å². The van der Waals surface area contributed by atoms with Crippen molar-refractivity contribution in [3.8, 4) is 0 Å². The van der Waals surface area contributed by atoms with Gasteiger partial charge in [-0.3, -0.25) is 0 Å². The zero-order chi connectivity index (χ0) is 13.1. The Kier molecular flexibility index (Phi) is 5.09. The molecule has 0 saturated heterocycles. The lowest BCUT2D eigenvalue weighted by molar-refractivity contribution is -0.137. The summed E-state index contributed by atoms with van der Waals surface area (Å²) in [6.45, 7) is 1.84. The second-order valence-electron chi connectivity index (χ2n) is 3.61. The van der Waals surface area contributed by atoms with Gasteiger partial charge in [0.25, 0.3) is 0 Å². The highest BCUT2D eigenvalue weighted by atomic mass is 35.5. The van der Waals surface area contributed by atoms with Crippen LogP contribution in [0.4, 0.5) is 13.2 Å². The van der Waals surface area contributed by atoms with Gasteiger partial charge in [-0.25, -0.2) is 4.98 Å². The van der Waals surface area contributed by atoms with E-state index in [-0.39, 0.29) is 17.5 Å². The monoisotopic (exact) mass is 285 g/mol. The van der Waals surface area contributed by atoms with Gasteiger partial charge in [-0.15, -0.1) is 11.8 Å². The summed E-state index contributed by atoms with van der Waals surface area (Å²) in [4.78, 5) is 3.68. The van der Waals surface area contributed by atoms with Gasteiger partial charge in [0, 0.05) is 18.6 Å². The quantitative estimate of drug-likeness (QED) is 0.860. The maximum absolute atomic E-state index is 12.3. The molecular weight excluding hydrogens is 275 g/mol. The van der Waals surface area contributed by atoms with Gasteiger partial charge in [0.1, 0.15) is 5.03 Å². The van der Waals surface area contributed by atoms with E-state index in [4.69, 9.17) is 16.7 Å². The molecule has 1 aromatic heterocycles. The highest BCUT2D eigenvalue weighted by Crippen LogP contribution is 2.33. The number of pyridine rings is 1. The fraction of sp³-hybridized carbons (Fsp3) is 0.500. The van der Waals surface area contributed by atoms with Gasteiger partial charge in [0.15, 0.2) is 0 Å². The number of aromatic nitrogens is 1. The van der Waals surface area contributed by atoms with E-state index in [0.717, 1.165) is 12.3 Å². The van der Waals surface area contributed by atoms with Crippen LogP contribution in [0.5, 0.6) is 0 Å². The molecule has 0 bridgehead atoms. The summed E-state index contributed by atoms with van der Waals surface area (Å²) in [6, 6.07) is 0.862. The van der Waals surface area contributed by atoms with Crippen molar-refractivity contribution in [1.82, 2.24) is 4.98 Å². The molecule has 0 amide bonds. The normalized spacial score (nSPS) is 13.8. The fourth-order valence-electron chi connectivity index (χ4n) is 0.960. The first-order chi connectivity index (χ1) is 7.84. The number of hydrogen-bond donors (Lipinski definition) is 1. The smallest absolute Gasteiger partial charge is 0.396 e. The third-order valence-electron chi connectivity index (χ3n) is 1.95. The van der Waals surface area contributed by atoms with Crippen molar-refractivity contribution in [3.63, 3.8) is 0 Å². The molecule has 1 heterocycles. The summed E-state index contributed by atoms with van der Waals surface area (Å²) in [5.74, 6) is 0.592. The molecule has 0 fully saturated rings. The number of thioether (sulfide) groups is 1. The molecule has 0 aliphatic carbocycles. The summed E-state index contributed by atoms with van der Waals surface area (Å²) in [6.07, 6.45) is -3.67. The van der Waals surface area contributed by atoms with Crippen LogP contribution in [0, 0.1) is 5.92 Å². The molecule has 0 aromatic carbocycles. The zero-order valence-electron chi connectivity index (χ0n) is 8.96. The van der Waals surface area contributed by atoms with Crippen molar-refractivity contribution < 1.29 is 18.3 Å². The molecule has 1 aromatic rings. The van der Waals surface area contributed by atoms with E-state index in [1.165, 1.54) is 11.8 Å². The van der Waals surface area contributed by atoms with Crippen LogP contribution in [-0.4, -0.2) is 22.5 Å². The number of halogens is 4. The molecule has 1 N–H and O–H groups in total. The Bertz CT molecular complexity index is 386. The predicted molar refractivity (Wildman–Crippen MR) is 61.2 cm³/mol. The Labute approximate surface area is 106 Å². The topological polar surface area (TPSA) is 33.1 Å². The maximum Gasteiger partial charge on any atom is 0.417 e. The summed E-state index contributed by atoms with van der Waals surface area (Å²) in [5, 5.41) is 9.15. The SMILES string of the molecule is CC(CO)CSc1ncc(C(F)(F)F)cc1Cl. The summed E-state index contributed by atoms with van der Waals surface area (Å²) in [5.41, 5.74) is -0.859. The van der Waals surface area contributed by atoms with Crippen molar-refractivity contribution in [1.29, 1.82) is 0 Å². The van der Waals surface area contributed by atoms with Crippen LogP contribution in [-0.2, 0) is 6.18 Å². The minimum Gasteiger partial charge on any atom is -0.396 e. The Morgan fingerprint density at radius 1 is 1.53 bits per heavy atom. The van der Waals surface area contributed by atoms with E-state index in [0.29, 0.717) is 10.8 Å². The molecule has 0 radical (unpaired) electrons. The van der Waals surface area contributed by atoms with Crippen LogP contribution in [0.3, 0.4) is 0 Å². The lowest BCUT2D eigenvalue weighted by atomic mass is 10.2. The highest BCUT2D eigenvalue weighted by Gasteiger charge is 2.31. The van der Waals surface area contributed by atoms with Crippen LogP contribution in [0.1, 0.15) is 12.5 Å². The minimum absolute atomic E-state index is 0.0186. The largest absolute Gasteiger partial charge is 0.417 e. The molecule has 7 heteroatoms. The molecule has 0 aliphatic heterocycles. The molecule has 17 heavy (non-hydrogen) atoms. The predicted octanol–water partition coefficient (Wildman–Crippen LogP) is 3.47. The molecule has 0 aliphatic rings. The lowest BCUT2D eigenvalue weighted by Gasteiger charge is -2.10. The van der Waals surface area contributed by atoms with E-state index in [1.807, 2.05) is 6.92 Å². The third-order valence-corrected chi connectivity index (χ3v) is 3.69. The number of nitrogens with zero attached hydrogens (tertiary/aromatic N) is 1. The molecular formula is C10H11ClF3NOS. The fourth-order valence-corrected chi connectivity index (χ4v) is 2.16. The second-order valence-corrected chi connectivity index (χ2v) is 5.02. The number of rotatable bonds is 4. The van der Waals surface area contributed by atoms with Gasteiger partial charge < -0.3 is 5.11 Å². The number of hydrogen-bond acceptors (Lipinski definition) is 3. The molecule has 1 unspecified atom stereocenters. The van der Waals surface area contributed by atoms with Crippen LogP contribution < -0.4 is 0 Å². The Hall–Kier alpha value is -0.460. The summed E-state index contributed by atoms with van der Waals surface area (Å²) < 4.78 is 37.0. The molecule has 0 saturated carbocycles. The van der Waals surface area contributed by atoms with Gasteiger partial charge in [0.2, 0.25) is 0 Å². The standard InChI is InChI=1S/C10H11ClF3NOS/c1-6(4-16)5-17-9-8(11)2-7(3-15-9)10(12,13)14/h2-3,6,16H,4-5H2,1H3. The molecule has 1 rings (SSSR count).